The first-order valence-corrected chi connectivity index (χ1v) is 11.6. The Bertz CT molecular complexity index is 1080. The first kappa shape index (κ1) is 22.9. The summed E-state index contributed by atoms with van der Waals surface area (Å²) in [6.07, 6.45) is 8.04. The molecule has 1 aromatic carbocycles. The summed E-state index contributed by atoms with van der Waals surface area (Å²) in [6, 6.07) is 16.6. The van der Waals surface area contributed by atoms with Crippen LogP contribution < -0.4 is 5.32 Å². The van der Waals surface area contributed by atoms with E-state index in [1.165, 1.54) is 11.1 Å². The van der Waals surface area contributed by atoms with Gasteiger partial charge >= 0.3 is 0 Å². The normalized spacial score (nSPS) is 18.6. The molecule has 4 rings (SSSR count). The van der Waals surface area contributed by atoms with Gasteiger partial charge in [0.1, 0.15) is 5.82 Å². The number of nitrogens with one attached hydrogen (secondary N) is 1. The monoisotopic (exact) mass is 443 g/mol. The fraction of sp³-hybridized carbons (Fsp3) is 0.370. The SMILES string of the molecule is CNc1ncccc1CN1CCC[C@](Cc2ccccc2-c2ccncc2)(C(=O)N(C)C)C1. The zero-order chi connectivity index (χ0) is 23.3. The minimum Gasteiger partial charge on any atom is -0.373 e. The van der Waals surface area contributed by atoms with Gasteiger partial charge in [0.25, 0.3) is 0 Å². The lowest BCUT2D eigenvalue weighted by Gasteiger charge is -2.43. The molecule has 3 heterocycles. The number of carbonyl (C=O) groups is 1. The van der Waals surface area contributed by atoms with Gasteiger partial charge in [-0.05, 0) is 60.7 Å². The van der Waals surface area contributed by atoms with Crippen molar-refractivity contribution in [1.82, 2.24) is 19.8 Å². The Morgan fingerprint density at radius 3 is 2.58 bits per heavy atom. The van der Waals surface area contributed by atoms with Gasteiger partial charge in [0.05, 0.1) is 5.41 Å². The van der Waals surface area contributed by atoms with Crippen LogP contribution in [0.4, 0.5) is 5.82 Å². The van der Waals surface area contributed by atoms with E-state index in [4.69, 9.17) is 0 Å². The van der Waals surface area contributed by atoms with Gasteiger partial charge in [0.2, 0.25) is 5.91 Å². The lowest BCUT2D eigenvalue weighted by Crippen LogP contribution is -2.52. The third kappa shape index (κ3) is 5.06. The minimum atomic E-state index is -0.465. The van der Waals surface area contributed by atoms with Gasteiger partial charge < -0.3 is 10.2 Å². The highest BCUT2D eigenvalue weighted by atomic mass is 16.2. The van der Waals surface area contributed by atoms with Crippen LogP contribution in [0.2, 0.25) is 0 Å². The molecule has 1 saturated heterocycles. The van der Waals surface area contributed by atoms with Crippen molar-refractivity contribution in [3.05, 3.63) is 78.2 Å². The second-order valence-electron chi connectivity index (χ2n) is 9.13. The zero-order valence-corrected chi connectivity index (χ0v) is 19.8. The summed E-state index contributed by atoms with van der Waals surface area (Å²) in [5.74, 6) is 1.10. The number of rotatable bonds is 7. The van der Waals surface area contributed by atoms with Crippen LogP contribution in [-0.4, -0.2) is 59.9 Å². The molecular formula is C27H33N5O. The van der Waals surface area contributed by atoms with Gasteiger partial charge in [0.15, 0.2) is 0 Å². The van der Waals surface area contributed by atoms with E-state index >= 15 is 0 Å². The number of nitrogens with zero attached hydrogens (tertiary/aromatic N) is 4. The molecule has 2 aromatic heterocycles. The fourth-order valence-electron chi connectivity index (χ4n) is 5.12. The third-order valence-corrected chi connectivity index (χ3v) is 6.58. The predicted octanol–water partition coefficient (Wildman–Crippen LogP) is 4.10. The summed E-state index contributed by atoms with van der Waals surface area (Å²) in [7, 11) is 5.65. The lowest BCUT2D eigenvalue weighted by atomic mass is 9.73. The van der Waals surface area contributed by atoms with Crippen LogP contribution in [0.3, 0.4) is 0 Å². The Hall–Kier alpha value is -3.25. The van der Waals surface area contributed by atoms with Crippen molar-refractivity contribution < 1.29 is 4.79 Å². The minimum absolute atomic E-state index is 0.205. The molecule has 172 valence electrons. The van der Waals surface area contributed by atoms with Crippen LogP contribution >= 0.6 is 0 Å². The highest BCUT2D eigenvalue weighted by Crippen LogP contribution is 2.38. The Morgan fingerprint density at radius 1 is 1.06 bits per heavy atom. The molecule has 3 aromatic rings. The van der Waals surface area contributed by atoms with Crippen molar-refractivity contribution >= 4 is 11.7 Å². The molecule has 1 amide bonds. The van der Waals surface area contributed by atoms with Crippen LogP contribution in [0.5, 0.6) is 0 Å². The predicted molar refractivity (Wildman–Crippen MR) is 133 cm³/mol. The molecule has 33 heavy (non-hydrogen) atoms. The molecule has 1 atom stereocenters. The molecule has 0 bridgehead atoms. The number of pyridine rings is 2. The van der Waals surface area contributed by atoms with E-state index in [2.05, 4.69) is 50.5 Å². The topological polar surface area (TPSA) is 61.4 Å². The van der Waals surface area contributed by atoms with Gasteiger partial charge in [-0.2, -0.15) is 0 Å². The van der Waals surface area contributed by atoms with Crippen molar-refractivity contribution in [3.63, 3.8) is 0 Å². The molecule has 6 heteroatoms. The van der Waals surface area contributed by atoms with E-state index in [0.717, 1.165) is 49.4 Å². The summed E-state index contributed by atoms with van der Waals surface area (Å²) >= 11 is 0. The third-order valence-electron chi connectivity index (χ3n) is 6.58. The van der Waals surface area contributed by atoms with Gasteiger partial charge in [-0.25, -0.2) is 4.98 Å². The van der Waals surface area contributed by atoms with E-state index in [-0.39, 0.29) is 5.91 Å². The first-order valence-electron chi connectivity index (χ1n) is 11.6. The molecule has 0 unspecified atom stereocenters. The van der Waals surface area contributed by atoms with Crippen molar-refractivity contribution in [1.29, 1.82) is 0 Å². The Morgan fingerprint density at radius 2 is 1.82 bits per heavy atom. The van der Waals surface area contributed by atoms with Crippen molar-refractivity contribution in [2.24, 2.45) is 5.41 Å². The molecular weight excluding hydrogens is 410 g/mol. The van der Waals surface area contributed by atoms with Crippen molar-refractivity contribution in [2.45, 2.75) is 25.8 Å². The maximum atomic E-state index is 13.7. The van der Waals surface area contributed by atoms with E-state index in [9.17, 15) is 4.79 Å². The van der Waals surface area contributed by atoms with Gasteiger partial charge in [-0.15, -0.1) is 0 Å². The van der Waals surface area contributed by atoms with E-state index in [0.29, 0.717) is 6.42 Å². The standard InChI is InChI=1S/C27H33N5O/c1-28-25-23(9-6-14-30-25)19-32-17-7-13-27(20-32,26(33)31(2)3)18-22-8-4-5-10-24(22)21-11-15-29-16-12-21/h4-6,8-12,14-16H,7,13,17-20H2,1-3H3,(H,28,30)/t27-/m1/s1. The summed E-state index contributed by atoms with van der Waals surface area (Å²) in [5, 5.41) is 3.19. The Labute approximate surface area is 196 Å². The van der Waals surface area contributed by atoms with Crippen molar-refractivity contribution in [3.8, 4) is 11.1 Å². The molecule has 0 saturated carbocycles. The molecule has 1 fully saturated rings. The number of anilines is 1. The number of hydrogen-bond acceptors (Lipinski definition) is 5. The number of amides is 1. The van der Waals surface area contributed by atoms with Crippen LogP contribution in [0.15, 0.2) is 67.1 Å². The van der Waals surface area contributed by atoms with Gasteiger partial charge in [0, 0.05) is 58.4 Å². The van der Waals surface area contributed by atoms with E-state index in [1.54, 1.807) is 11.1 Å². The number of aromatic nitrogens is 2. The molecule has 1 N–H and O–H groups in total. The average molecular weight is 444 g/mol. The quantitative estimate of drug-likeness (QED) is 0.596. The molecule has 1 aliphatic rings. The maximum absolute atomic E-state index is 13.7. The lowest BCUT2D eigenvalue weighted by molar-refractivity contribution is -0.143. The summed E-state index contributed by atoms with van der Waals surface area (Å²) in [6.45, 7) is 2.48. The number of piperidine rings is 1. The second kappa shape index (κ2) is 10.1. The number of carbonyl (C=O) groups excluding carboxylic acids is 1. The summed E-state index contributed by atoms with van der Waals surface area (Å²) in [5.41, 5.74) is 4.21. The van der Waals surface area contributed by atoms with E-state index < -0.39 is 5.41 Å². The Kier molecular flexibility index (Phi) is 7.04. The summed E-state index contributed by atoms with van der Waals surface area (Å²) < 4.78 is 0. The molecule has 6 nitrogen and oxygen atoms in total. The fourth-order valence-corrected chi connectivity index (χ4v) is 5.12. The van der Waals surface area contributed by atoms with Crippen LogP contribution in [0.25, 0.3) is 11.1 Å². The largest absolute Gasteiger partial charge is 0.373 e. The van der Waals surface area contributed by atoms with Gasteiger partial charge in [-0.3, -0.25) is 14.7 Å². The van der Waals surface area contributed by atoms with Crippen molar-refractivity contribution in [2.75, 3.05) is 39.5 Å². The highest BCUT2D eigenvalue weighted by molar-refractivity contribution is 5.83. The number of benzene rings is 1. The average Bonchev–Trinajstić information content (AvgIpc) is 2.85. The van der Waals surface area contributed by atoms with Crippen LogP contribution in [-0.2, 0) is 17.8 Å². The van der Waals surface area contributed by atoms with Gasteiger partial charge in [-0.1, -0.05) is 30.3 Å². The maximum Gasteiger partial charge on any atom is 0.229 e. The molecule has 0 radical (unpaired) electrons. The molecule has 0 spiro atoms. The van der Waals surface area contributed by atoms with E-state index in [1.807, 2.05) is 51.7 Å². The first-order chi connectivity index (χ1) is 16.0. The Balaban J connectivity index is 1.66. The molecule has 0 aliphatic carbocycles. The highest BCUT2D eigenvalue weighted by Gasteiger charge is 2.43. The molecule has 1 aliphatic heterocycles. The zero-order valence-electron chi connectivity index (χ0n) is 19.8. The number of likely N-dealkylation sites (tertiary alicyclic amines) is 1. The summed E-state index contributed by atoms with van der Waals surface area (Å²) in [4.78, 5) is 26.5. The number of hydrogen-bond donors (Lipinski definition) is 1. The van der Waals surface area contributed by atoms with Crippen LogP contribution in [0.1, 0.15) is 24.0 Å². The van der Waals surface area contributed by atoms with Crippen LogP contribution in [0, 0.1) is 5.41 Å². The smallest absolute Gasteiger partial charge is 0.229 e. The second-order valence-corrected chi connectivity index (χ2v) is 9.13.